The second kappa shape index (κ2) is 5.34. The van der Waals surface area contributed by atoms with Gasteiger partial charge in [0.2, 0.25) is 0 Å². The Morgan fingerprint density at radius 1 is 1.20 bits per heavy atom. The minimum absolute atomic E-state index is 0.360. The van der Waals surface area contributed by atoms with Crippen LogP contribution in [0, 0.1) is 0 Å². The largest absolute Gasteiger partial charge is 0.364 e. The monoisotopic (exact) mass is 289 g/mol. The Morgan fingerprint density at radius 3 is 2.75 bits per heavy atom. The van der Waals surface area contributed by atoms with Gasteiger partial charge in [-0.1, -0.05) is 12.1 Å². The molecule has 0 aliphatic heterocycles. The van der Waals surface area contributed by atoms with Crippen molar-refractivity contribution in [2.24, 2.45) is 0 Å². The second-order valence-electron chi connectivity index (χ2n) is 4.28. The van der Waals surface area contributed by atoms with Gasteiger partial charge in [-0.25, -0.2) is 9.89 Å². The van der Waals surface area contributed by atoms with Gasteiger partial charge in [-0.05, 0) is 36.2 Å². The van der Waals surface area contributed by atoms with Gasteiger partial charge in [0, 0.05) is 11.6 Å². The molecular formula is C13H12ClN5O. The van der Waals surface area contributed by atoms with Crippen molar-refractivity contribution in [3.63, 3.8) is 0 Å². The number of benzene rings is 1. The minimum Gasteiger partial charge on any atom is -0.339 e. The van der Waals surface area contributed by atoms with Crippen LogP contribution in [0.25, 0.3) is 5.65 Å². The van der Waals surface area contributed by atoms with Crippen LogP contribution in [0.5, 0.6) is 0 Å². The van der Waals surface area contributed by atoms with Crippen molar-refractivity contribution >= 4 is 28.8 Å². The van der Waals surface area contributed by atoms with Crippen molar-refractivity contribution in [1.82, 2.24) is 19.8 Å². The normalized spacial score (nSPS) is 10.8. The summed E-state index contributed by atoms with van der Waals surface area (Å²) in [6.07, 6.45) is 0.844. The van der Waals surface area contributed by atoms with Crippen LogP contribution in [0.3, 0.4) is 0 Å². The van der Waals surface area contributed by atoms with E-state index in [4.69, 9.17) is 11.6 Å². The number of hydrogen-bond acceptors (Lipinski definition) is 4. The fourth-order valence-electron chi connectivity index (χ4n) is 1.88. The lowest BCUT2D eigenvalue weighted by Gasteiger charge is -2.06. The van der Waals surface area contributed by atoms with Gasteiger partial charge in [0.05, 0.1) is 0 Å². The molecule has 0 aliphatic carbocycles. The molecule has 0 radical (unpaired) electrons. The Balaban J connectivity index is 1.84. The van der Waals surface area contributed by atoms with E-state index in [0.29, 0.717) is 17.3 Å². The summed E-state index contributed by atoms with van der Waals surface area (Å²) in [4.78, 5) is 11.4. The van der Waals surface area contributed by atoms with Gasteiger partial charge in [0.1, 0.15) is 0 Å². The van der Waals surface area contributed by atoms with Crippen LogP contribution in [0.1, 0.15) is 5.56 Å². The van der Waals surface area contributed by atoms with E-state index < -0.39 is 0 Å². The molecule has 7 heteroatoms. The first kappa shape index (κ1) is 12.7. The maximum absolute atomic E-state index is 11.4. The van der Waals surface area contributed by atoms with Crippen molar-refractivity contribution in [2.75, 3.05) is 11.2 Å². The molecule has 0 unspecified atom stereocenters. The number of anilines is 2. The molecule has 1 aromatic carbocycles. The van der Waals surface area contributed by atoms with E-state index in [9.17, 15) is 4.79 Å². The Bertz CT molecular complexity index is 777. The summed E-state index contributed by atoms with van der Waals surface area (Å²) in [5.41, 5.74) is 2.20. The third-order valence-corrected chi connectivity index (χ3v) is 3.07. The van der Waals surface area contributed by atoms with E-state index >= 15 is 0 Å². The van der Waals surface area contributed by atoms with E-state index in [1.54, 1.807) is 12.1 Å². The van der Waals surface area contributed by atoms with Crippen molar-refractivity contribution in [1.29, 1.82) is 0 Å². The van der Waals surface area contributed by atoms with E-state index in [1.807, 2.05) is 24.3 Å². The number of H-pyrrole nitrogens is 1. The van der Waals surface area contributed by atoms with Crippen molar-refractivity contribution in [3.05, 3.63) is 52.4 Å². The molecule has 102 valence electrons. The van der Waals surface area contributed by atoms with Crippen molar-refractivity contribution in [2.45, 2.75) is 6.42 Å². The number of rotatable bonds is 4. The molecule has 20 heavy (non-hydrogen) atoms. The van der Waals surface area contributed by atoms with E-state index in [-0.39, 0.29) is 5.69 Å². The number of fused-ring (bicyclic) bond motifs is 1. The molecular weight excluding hydrogens is 278 g/mol. The van der Waals surface area contributed by atoms with Crippen molar-refractivity contribution < 1.29 is 0 Å². The average Bonchev–Trinajstić information content (AvgIpc) is 2.83. The number of halogens is 1. The predicted molar refractivity (Wildman–Crippen MR) is 77.8 cm³/mol. The highest BCUT2D eigenvalue weighted by Gasteiger charge is 2.03. The third kappa shape index (κ3) is 2.50. The van der Waals surface area contributed by atoms with Crippen molar-refractivity contribution in [3.8, 4) is 0 Å². The number of aromatic amines is 1. The Kier molecular flexibility index (Phi) is 3.39. The summed E-state index contributed by atoms with van der Waals surface area (Å²) in [5.74, 6) is 1.18. The molecule has 2 N–H and O–H groups in total. The molecule has 0 bridgehead atoms. The van der Waals surface area contributed by atoms with Gasteiger partial charge in [0.25, 0.3) is 0 Å². The summed E-state index contributed by atoms with van der Waals surface area (Å²) in [6, 6.07) is 11.4. The third-order valence-electron chi connectivity index (χ3n) is 2.88. The fraction of sp³-hybridized carbons (Fsp3) is 0.154. The Hall–Kier alpha value is -2.34. The molecule has 6 nitrogen and oxygen atoms in total. The van der Waals surface area contributed by atoms with Gasteiger partial charge >= 0.3 is 5.69 Å². The van der Waals surface area contributed by atoms with Gasteiger partial charge in [-0.3, -0.25) is 0 Å². The number of aromatic nitrogens is 4. The van der Waals surface area contributed by atoms with Crippen LogP contribution in [0.15, 0.2) is 41.2 Å². The molecule has 3 aromatic rings. The number of nitrogens with zero attached hydrogens (tertiary/aromatic N) is 3. The topological polar surface area (TPSA) is 75.1 Å². The minimum atomic E-state index is -0.360. The summed E-state index contributed by atoms with van der Waals surface area (Å²) in [5, 5.41) is 13.5. The lowest BCUT2D eigenvalue weighted by atomic mass is 10.1. The zero-order chi connectivity index (χ0) is 13.9. The second-order valence-corrected chi connectivity index (χ2v) is 4.66. The number of hydrogen-bond donors (Lipinski definition) is 2. The summed E-state index contributed by atoms with van der Waals surface area (Å²) in [6.45, 7) is 0. The van der Waals surface area contributed by atoms with E-state index in [1.165, 1.54) is 10.1 Å². The molecule has 3 rings (SSSR count). The van der Waals surface area contributed by atoms with Gasteiger partial charge in [0.15, 0.2) is 11.5 Å². The fourth-order valence-corrected chi connectivity index (χ4v) is 2.10. The molecule has 0 aliphatic rings. The lowest BCUT2D eigenvalue weighted by Crippen LogP contribution is -2.13. The van der Waals surface area contributed by atoms with E-state index in [0.717, 1.165) is 12.1 Å². The lowest BCUT2D eigenvalue weighted by molar-refractivity contribution is 0.885. The highest BCUT2D eigenvalue weighted by Crippen LogP contribution is 2.15. The molecule has 0 saturated heterocycles. The van der Waals surface area contributed by atoms with Crippen LogP contribution in [-0.4, -0.2) is 25.7 Å². The molecule has 0 amide bonds. The zero-order valence-electron chi connectivity index (χ0n) is 10.5. The van der Waals surface area contributed by atoms with E-state index in [2.05, 4.69) is 20.6 Å². The van der Waals surface area contributed by atoms with Crippen LogP contribution in [0.2, 0.25) is 0 Å². The number of nitrogens with one attached hydrogen (secondary N) is 2. The zero-order valence-corrected chi connectivity index (χ0v) is 11.3. The molecule has 0 atom stereocenters. The summed E-state index contributed by atoms with van der Waals surface area (Å²) < 4.78 is 1.21. The molecule has 0 fully saturated rings. The SMILES string of the molecule is O=c1[nH]nc2ccc(Nc3ccc(CCCl)cc3)nn12. The standard InChI is InChI=1S/C13H12ClN5O/c14-8-7-9-1-3-10(4-2-9)15-11-5-6-12-16-17-13(20)19(12)18-11/h1-6H,7-8H2,(H,15,18)(H,17,20). The maximum Gasteiger partial charge on any atom is 0.364 e. The van der Waals surface area contributed by atoms with Crippen LogP contribution < -0.4 is 11.0 Å². The van der Waals surface area contributed by atoms with Gasteiger partial charge in [-0.2, -0.15) is 9.61 Å². The highest BCUT2D eigenvalue weighted by molar-refractivity contribution is 6.17. The maximum atomic E-state index is 11.4. The predicted octanol–water partition coefficient (Wildman–Crippen LogP) is 1.94. The Labute approximate surface area is 119 Å². The Morgan fingerprint density at radius 2 is 2.00 bits per heavy atom. The van der Waals surface area contributed by atoms with Gasteiger partial charge < -0.3 is 5.32 Å². The summed E-state index contributed by atoms with van der Waals surface area (Å²) >= 11 is 5.70. The van der Waals surface area contributed by atoms with Crippen LogP contribution in [-0.2, 0) is 6.42 Å². The van der Waals surface area contributed by atoms with Crippen LogP contribution in [0.4, 0.5) is 11.5 Å². The smallest absolute Gasteiger partial charge is 0.339 e. The number of aryl methyl sites for hydroxylation is 1. The first-order valence-corrected chi connectivity index (χ1v) is 6.66. The highest BCUT2D eigenvalue weighted by atomic mass is 35.5. The van der Waals surface area contributed by atoms with Gasteiger partial charge in [-0.15, -0.1) is 16.7 Å². The first-order chi connectivity index (χ1) is 9.76. The molecule has 2 heterocycles. The first-order valence-electron chi connectivity index (χ1n) is 6.13. The molecule has 2 aromatic heterocycles. The number of alkyl halides is 1. The molecule has 0 saturated carbocycles. The quantitative estimate of drug-likeness (QED) is 0.720. The molecule has 0 spiro atoms. The van der Waals surface area contributed by atoms with Crippen LogP contribution >= 0.6 is 11.6 Å². The average molecular weight is 290 g/mol. The summed E-state index contributed by atoms with van der Waals surface area (Å²) in [7, 11) is 0.